The van der Waals surface area contributed by atoms with Crippen molar-refractivity contribution in [3.05, 3.63) is 35.4 Å². The van der Waals surface area contributed by atoms with Crippen molar-refractivity contribution in [1.82, 2.24) is 0 Å². The second kappa shape index (κ2) is 3.27. The van der Waals surface area contributed by atoms with Crippen LogP contribution in [0.3, 0.4) is 0 Å². The lowest BCUT2D eigenvalue weighted by Crippen LogP contribution is -2.09. The summed E-state index contributed by atoms with van der Waals surface area (Å²) >= 11 is 0. The van der Waals surface area contributed by atoms with Gasteiger partial charge in [-0.15, -0.1) is 0 Å². The number of hydrogen-bond donors (Lipinski definition) is 1. The van der Waals surface area contributed by atoms with Gasteiger partial charge in [0.15, 0.2) is 0 Å². The Bertz CT molecular complexity index is 367. The SMILES string of the molecule is CC1(C)CC1C(O)c1c(F)cccc1F. The van der Waals surface area contributed by atoms with E-state index < -0.39 is 17.7 Å². The van der Waals surface area contributed by atoms with E-state index in [1.807, 2.05) is 13.8 Å². The first-order valence-electron chi connectivity index (χ1n) is 5.05. The molecule has 1 fully saturated rings. The van der Waals surface area contributed by atoms with Crippen LogP contribution >= 0.6 is 0 Å². The van der Waals surface area contributed by atoms with Crippen LogP contribution < -0.4 is 0 Å². The van der Waals surface area contributed by atoms with E-state index in [9.17, 15) is 13.9 Å². The Morgan fingerprint density at radius 3 is 2.20 bits per heavy atom. The summed E-state index contributed by atoms with van der Waals surface area (Å²) in [5.41, 5.74) is -0.193. The third-order valence-corrected chi connectivity index (χ3v) is 3.27. The summed E-state index contributed by atoms with van der Waals surface area (Å²) in [6, 6.07) is 3.66. The van der Waals surface area contributed by atoms with Gasteiger partial charge in [-0.3, -0.25) is 0 Å². The van der Waals surface area contributed by atoms with E-state index in [1.54, 1.807) is 0 Å². The van der Waals surface area contributed by atoms with Gasteiger partial charge < -0.3 is 5.11 Å². The van der Waals surface area contributed by atoms with Gasteiger partial charge in [0.25, 0.3) is 0 Å². The van der Waals surface area contributed by atoms with Crippen LogP contribution in [0.25, 0.3) is 0 Å². The molecule has 3 heteroatoms. The molecule has 82 valence electrons. The molecule has 2 atom stereocenters. The minimum absolute atomic E-state index is 0.00582. The molecule has 0 aromatic heterocycles. The molecule has 0 radical (unpaired) electrons. The number of rotatable bonds is 2. The fourth-order valence-corrected chi connectivity index (χ4v) is 2.04. The minimum atomic E-state index is -1.03. The van der Waals surface area contributed by atoms with E-state index >= 15 is 0 Å². The van der Waals surface area contributed by atoms with Crippen LogP contribution in [0.15, 0.2) is 18.2 Å². The molecule has 0 saturated heterocycles. The Morgan fingerprint density at radius 1 is 1.33 bits per heavy atom. The number of halogens is 2. The van der Waals surface area contributed by atoms with Gasteiger partial charge in [-0.2, -0.15) is 0 Å². The van der Waals surface area contributed by atoms with Crippen LogP contribution in [0.5, 0.6) is 0 Å². The maximum absolute atomic E-state index is 13.3. The van der Waals surface area contributed by atoms with Gasteiger partial charge in [0.05, 0.1) is 11.7 Å². The first-order valence-corrected chi connectivity index (χ1v) is 5.05. The molecular formula is C12H14F2O. The van der Waals surface area contributed by atoms with Crippen LogP contribution in [-0.4, -0.2) is 5.11 Å². The molecule has 0 amide bonds. The summed E-state index contributed by atoms with van der Waals surface area (Å²) in [6.45, 7) is 3.97. The Balaban J connectivity index is 2.30. The standard InChI is InChI=1S/C12H14F2O/c1-12(2)6-7(12)11(15)10-8(13)4-3-5-9(10)14/h3-5,7,11,15H,6H2,1-2H3. The Hall–Kier alpha value is -0.960. The predicted octanol–water partition coefficient (Wildman–Crippen LogP) is 3.04. The molecule has 2 rings (SSSR count). The smallest absolute Gasteiger partial charge is 0.131 e. The Kier molecular flexibility index (Phi) is 2.30. The molecule has 1 aliphatic carbocycles. The molecule has 1 aromatic carbocycles. The van der Waals surface area contributed by atoms with Crippen molar-refractivity contribution >= 4 is 0 Å². The van der Waals surface area contributed by atoms with E-state index in [1.165, 1.54) is 18.2 Å². The zero-order valence-electron chi connectivity index (χ0n) is 8.80. The van der Waals surface area contributed by atoms with Gasteiger partial charge in [0, 0.05) is 0 Å². The van der Waals surface area contributed by atoms with Gasteiger partial charge in [0.1, 0.15) is 11.6 Å². The van der Waals surface area contributed by atoms with Crippen molar-refractivity contribution in [3.8, 4) is 0 Å². The second-order valence-electron chi connectivity index (χ2n) is 4.88. The van der Waals surface area contributed by atoms with Crippen LogP contribution in [0.1, 0.15) is 31.9 Å². The molecule has 1 nitrogen and oxygen atoms in total. The summed E-state index contributed by atoms with van der Waals surface area (Å²) < 4.78 is 26.7. The van der Waals surface area contributed by atoms with Gasteiger partial charge in [-0.05, 0) is 29.9 Å². The van der Waals surface area contributed by atoms with Gasteiger partial charge in [-0.1, -0.05) is 19.9 Å². The van der Waals surface area contributed by atoms with E-state index in [0.29, 0.717) is 0 Å². The molecule has 1 N–H and O–H groups in total. The average Bonchev–Trinajstić information content (AvgIpc) is 2.74. The number of benzene rings is 1. The summed E-state index contributed by atoms with van der Waals surface area (Å²) in [7, 11) is 0. The normalized spacial score (nSPS) is 25.0. The highest BCUT2D eigenvalue weighted by Crippen LogP contribution is 2.58. The highest BCUT2D eigenvalue weighted by Gasteiger charge is 2.51. The van der Waals surface area contributed by atoms with Crippen molar-refractivity contribution in [2.45, 2.75) is 26.4 Å². The van der Waals surface area contributed by atoms with Crippen molar-refractivity contribution in [2.24, 2.45) is 11.3 Å². The molecule has 0 aliphatic heterocycles. The lowest BCUT2D eigenvalue weighted by Gasteiger charge is -2.14. The molecule has 2 unspecified atom stereocenters. The molecule has 0 heterocycles. The highest BCUT2D eigenvalue weighted by molar-refractivity contribution is 5.25. The summed E-state index contributed by atoms with van der Waals surface area (Å²) in [5.74, 6) is -1.36. The van der Waals surface area contributed by atoms with E-state index in [2.05, 4.69) is 0 Å². The van der Waals surface area contributed by atoms with Gasteiger partial charge in [-0.25, -0.2) is 8.78 Å². The summed E-state index contributed by atoms with van der Waals surface area (Å²) in [6.07, 6.45) is -0.219. The van der Waals surface area contributed by atoms with Crippen molar-refractivity contribution in [3.63, 3.8) is 0 Å². The summed E-state index contributed by atoms with van der Waals surface area (Å²) in [4.78, 5) is 0. The third-order valence-electron chi connectivity index (χ3n) is 3.27. The number of hydrogen-bond acceptors (Lipinski definition) is 1. The number of aliphatic hydroxyl groups excluding tert-OH is 1. The Labute approximate surface area is 87.7 Å². The topological polar surface area (TPSA) is 20.2 Å². The highest BCUT2D eigenvalue weighted by atomic mass is 19.1. The first-order chi connectivity index (χ1) is 6.93. The molecule has 0 bridgehead atoms. The zero-order chi connectivity index (χ0) is 11.2. The number of aliphatic hydroxyl groups is 1. The maximum Gasteiger partial charge on any atom is 0.131 e. The fraction of sp³-hybridized carbons (Fsp3) is 0.500. The van der Waals surface area contributed by atoms with E-state index in [0.717, 1.165) is 6.42 Å². The predicted molar refractivity (Wildman–Crippen MR) is 53.2 cm³/mol. The lowest BCUT2D eigenvalue weighted by atomic mass is 9.99. The van der Waals surface area contributed by atoms with Crippen LogP contribution in [0.4, 0.5) is 8.78 Å². The van der Waals surface area contributed by atoms with Gasteiger partial charge >= 0.3 is 0 Å². The van der Waals surface area contributed by atoms with Gasteiger partial charge in [0.2, 0.25) is 0 Å². The molecule has 15 heavy (non-hydrogen) atoms. The largest absolute Gasteiger partial charge is 0.388 e. The van der Waals surface area contributed by atoms with Crippen LogP contribution in [0.2, 0.25) is 0 Å². The first kappa shape index (κ1) is 10.6. The lowest BCUT2D eigenvalue weighted by molar-refractivity contribution is 0.130. The maximum atomic E-state index is 13.3. The quantitative estimate of drug-likeness (QED) is 0.798. The molecule has 0 spiro atoms. The Morgan fingerprint density at radius 2 is 1.80 bits per heavy atom. The van der Waals surface area contributed by atoms with Crippen LogP contribution in [-0.2, 0) is 0 Å². The molecule has 1 saturated carbocycles. The second-order valence-corrected chi connectivity index (χ2v) is 4.88. The van der Waals surface area contributed by atoms with E-state index in [4.69, 9.17) is 0 Å². The van der Waals surface area contributed by atoms with E-state index in [-0.39, 0.29) is 16.9 Å². The van der Waals surface area contributed by atoms with Crippen molar-refractivity contribution in [2.75, 3.05) is 0 Å². The molecule has 1 aromatic rings. The third kappa shape index (κ3) is 1.76. The van der Waals surface area contributed by atoms with Crippen molar-refractivity contribution < 1.29 is 13.9 Å². The average molecular weight is 212 g/mol. The van der Waals surface area contributed by atoms with Crippen molar-refractivity contribution in [1.29, 1.82) is 0 Å². The fourth-order valence-electron chi connectivity index (χ4n) is 2.04. The molecular weight excluding hydrogens is 198 g/mol. The summed E-state index contributed by atoms with van der Waals surface area (Å²) in [5, 5.41) is 9.88. The molecule has 1 aliphatic rings. The zero-order valence-corrected chi connectivity index (χ0v) is 8.80. The monoisotopic (exact) mass is 212 g/mol. The van der Waals surface area contributed by atoms with Crippen LogP contribution in [0, 0.1) is 23.0 Å². The minimum Gasteiger partial charge on any atom is -0.388 e.